The number of nitrogens with one attached hydrogen (secondary N) is 2. The van der Waals surface area contributed by atoms with Crippen molar-refractivity contribution in [2.45, 2.75) is 26.8 Å². The number of anilines is 1. The Kier molecular flexibility index (Phi) is 4.56. The van der Waals surface area contributed by atoms with Crippen LogP contribution in [-0.4, -0.2) is 43.0 Å². The molecule has 4 heteroatoms. The zero-order chi connectivity index (χ0) is 13.8. The SMILES string of the molecule is Cc1ccc(NC(=O)CN2CCNCC2C)c(C)c1. The van der Waals surface area contributed by atoms with Crippen LogP contribution in [0.2, 0.25) is 0 Å². The van der Waals surface area contributed by atoms with Crippen molar-refractivity contribution in [1.82, 2.24) is 10.2 Å². The van der Waals surface area contributed by atoms with Gasteiger partial charge in [-0.2, -0.15) is 0 Å². The van der Waals surface area contributed by atoms with Crippen LogP contribution in [0.15, 0.2) is 18.2 Å². The Morgan fingerprint density at radius 3 is 2.95 bits per heavy atom. The number of carbonyl (C=O) groups is 1. The van der Waals surface area contributed by atoms with Crippen LogP contribution in [0.5, 0.6) is 0 Å². The maximum Gasteiger partial charge on any atom is 0.238 e. The predicted octanol–water partition coefficient (Wildman–Crippen LogP) is 1.54. The maximum atomic E-state index is 12.1. The number of hydrogen-bond acceptors (Lipinski definition) is 3. The van der Waals surface area contributed by atoms with E-state index < -0.39 is 0 Å². The summed E-state index contributed by atoms with van der Waals surface area (Å²) >= 11 is 0. The molecule has 2 rings (SSSR count). The van der Waals surface area contributed by atoms with Crippen LogP contribution in [-0.2, 0) is 4.79 Å². The van der Waals surface area contributed by atoms with E-state index in [4.69, 9.17) is 0 Å². The molecular formula is C15H23N3O. The second-order valence-electron chi connectivity index (χ2n) is 5.39. The van der Waals surface area contributed by atoms with E-state index >= 15 is 0 Å². The van der Waals surface area contributed by atoms with Gasteiger partial charge in [-0.15, -0.1) is 0 Å². The number of amides is 1. The Morgan fingerprint density at radius 1 is 1.47 bits per heavy atom. The fraction of sp³-hybridized carbons (Fsp3) is 0.533. The summed E-state index contributed by atoms with van der Waals surface area (Å²) in [6.07, 6.45) is 0. The van der Waals surface area contributed by atoms with Gasteiger partial charge in [0.2, 0.25) is 5.91 Å². The first kappa shape index (κ1) is 14.0. The van der Waals surface area contributed by atoms with Crippen molar-refractivity contribution in [3.63, 3.8) is 0 Å². The van der Waals surface area contributed by atoms with Crippen molar-refractivity contribution in [1.29, 1.82) is 0 Å². The van der Waals surface area contributed by atoms with Crippen molar-refractivity contribution < 1.29 is 4.79 Å². The van der Waals surface area contributed by atoms with Gasteiger partial charge in [-0.1, -0.05) is 17.7 Å². The minimum absolute atomic E-state index is 0.0701. The smallest absolute Gasteiger partial charge is 0.238 e. The van der Waals surface area contributed by atoms with Crippen LogP contribution in [0.3, 0.4) is 0 Å². The largest absolute Gasteiger partial charge is 0.325 e. The van der Waals surface area contributed by atoms with Crippen LogP contribution in [0, 0.1) is 13.8 Å². The van der Waals surface area contributed by atoms with E-state index in [1.54, 1.807) is 0 Å². The van der Waals surface area contributed by atoms with Crippen molar-refractivity contribution in [2.24, 2.45) is 0 Å². The Bertz CT molecular complexity index is 459. The molecule has 1 aliphatic rings. The molecule has 1 saturated heterocycles. The molecule has 0 aliphatic carbocycles. The molecule has 1 aliphatic heterocycles. The van der Waals surface area contributed by atoms with E-state index in [1.807, 2.05) is 19.1 Å². The van der Waals surface area contributed by atoms with Crippen molar-refractivity contribution in [2.75, 3.05) is 31.5 Å². The van der Waals surface area contributed by atoms with Gasteiger partial charge in [-0.05, 0) is 32.4 Å². The second kappa shape index (κ2) is 6.17. The Labute approximate surface area is 115 Å². The molecule has 1 amide bonds. The molecule has 1 fully saturated rings. The van der Waals surface area contributed by atoms with Gasteiger partial charge in [-0.25, -0.2) is 0 Å². The quantitative estimate of drug-likeness (QED) is 0.867. The van der Waals surface area contributed by atoms with E-state index in [0.717, 1.165) is 30.9 Å². The number of hydrogen-bond donors (Lipinski definition) is 2. The molecule has 0 saturated carbocycles. The van der Waals surface area contributed by atoms with Crippen LogP contribution in [0.25, 0.3) is 0 Å². The molecule has 104 valence electrons. The van der Waals surface area contributed by atoms with E-state index in [1.165, 1.54) is 5.56 Å². The van der Waals surface area contributed by atoms with Gasteiger partial charge in [0, 0.05) is 31.4 Å². The molecule has 2 N–H and O–H groups in total. The molecule has 1 aromatic rings. The number of nitrogens with zero attached hydrogens (tertiary/aromatic N) is 1. The summed E-state index contributed by atoms with van der Waals surface area (Å²) in [7, 11) is 0. The molecule has 1 atom stereocenters. The average Bonchev–Trinajstić information content (AvgIpc) is 2.36. The van der Waals surface area contributed by atoms with Crippen LogP contribution in [0.4, 0.5) is 5.69 Å². The lowest BCUT2D eigenvalue weighted by molar-refractivity contribution is -0.118. The standard InChI is InChI=1S/C15H23N3O/c1-11-4-5-14(12(2)8-11)17-15(19)10-18-7-6-16-9-13(18)3/h4-5,8,13,16H,6-7,9-10H2,1-3H3,(H,17,19). The van der Waals surface area contributed by atoms with Crippen LogP contribution >= 0.6 is 0 Å². The summed E-state index contributed by atoms with van der Waals surface area (Å²) in [6, 6.07) is 6.50. The van der Waals surface area contributed by atoms with Crippen molar-refractivity contribution >= 4 is 11.6 Å². The van der Waals surface area contributed by atoms with E-state index in [2.05, 4.69) is 35.4 Å². The predicted molar refractivity (Wildman–Crippen MR) is 78.5 cm³/mol. The number of aryl methyl sites for hydroxylation is 2. The third-order valence-corrected chi connectivity index (χ3v) is 3.64. The highest BCUT2D eigenvalue weighted by Crippen LogP contribution is 2.16. The summed E-state index contributed by atoms with van der Waals surface area (Å²) in [4.78, 5) is 14.3. The molecule has 0 radical (unpaired) electrons. The number of piperazine rings is 1. The van der Waals surface area contributed by atoms with Crippen LogP contribution in [0.1, 0.15) is 18.1 Å². The minimum atomic E-state index is 0.0701. The average molecular weight is 261 g/mol. The molecule has 0 aromatic heterocycles. The zero-order valence-corrected chi connectivity index (χ0v) is 12.0. The van der Waals surface area contributed by atoms with Crippen molar-refractivity contribution in [3.8, 4) is 0 Å². The van der Waals surface area contributed by atoms with Gasteiger partial charge < -0.3 is 10.6 Å². The van der Waals surface area contributed by atoms with E-state index in [9.17, 15) is 4.79 Å². The lowest BCUT2D eigenvalue weighted by atomic mass is 10.1. The molecule has 1 aromatic carbocycles. The maximum absolute atomic E-state index is 12.1. The normalized spacial score (nSPS) is 20.3. The number of benzene rings is 1. The zero-order valence-electron chi connectivity index (χ0n) is 12.0. The topological polar surface area (TPSA) is 44.4 Å². The third-order valence-electron chi connectivity index (χ3n) is 3.64. The third kappa shape index (κ3) is 3.78. The summed E-state index contributed by atoms with van der Waals surface area (Å²) in [5.74, 6) is 0.0701. The van der Waals surface area contributed by atoms with Gasteiger partial charge in [0.1, 0.15) is 0 Å². The fourth-order valence-electron chi connectivity index (χ4n) is 2.45. The first-order valence-electron chi connectivity index (χ1n) is 6.88. The fourth-order valence-corrected chi connectivity index (χ4v) is 2.45. The highest BCUT2D eigenvalue weighted by atomic mass is 16.2. The lowest BCUT2D eigenvalue weighted by Crippen LogP contribution is -2.52. The Balaban J connectivity index is 1.93. The van der Waals surface area contributed by atoms with Gasteiger partial charge in [-0.3, -0.25) is 9.69 Å². The first-order valence-corrected chi connectivity index (χ1v) is 6.88. The van der Waals surface area contributed by atoms with Crippen molar-refractivity contribution in [3.05, 3.63) is 29.3 Å². The molecular weight excluding hydrogens is 238 g/mol. The lowest BCUT2D eigenvalue weighted by Gasteiger charge is -2.33. The molecule has 19 heavy (non-hydrogen) atoms. The molecule has 0 spiro atoms. The molecule has 1 heterocycles. The van der Waals surface area contributed by atoms with Gasteiger partial charge in [0.05, 0.1) is 6.54 Å². The second-order valence-corrected chi connectivity index (χ2v) is 5.39. The number of rotatable bonds is 3. The molecule has 1 unspecified atom stereocenters. The number of carbonyl (C=O) groups excluding carboxylic acids is 1. The molecule has 0 bridgehead atoms. The summed E-state index contributed by atoms with van der Waals surface area (Å²) in [6.45, 7) is 9.54. The van der Waals surface area contributed by atoms with E-state index in [-0.39, 0.29) is 5.91 Å². The highest BCUT2D eigenvalue weighted by molar-refractivity contribution is 5.93. The minimum Gasteiger partial charge on any atom is -0.325 e. The van der Waals surface area contributed by atoms with Gasteiger partial charge in [0.15, 0.2) is 0 Å². The van der Waals surface area contributed by atoms with E-state index in [0.29, 0.717) is 12.6 Å². The van der Waals surface area contributed by atoms with Gasteiger partial charge in [0.25, 0.3) is 0 Å². The summed E-state index contributed by atoms with van der Waals surface area (Å²) < 4.78 is 0. The molecule has 4 nitrogen and oxygen atoms in total. The Hall–Kier alpha value is -1.39. The summed E-state index contributed by atoms with van der Waals surface area (Å²) in [5, 5.41) is 6.33. The Morgan fingerprint density at radius 2 is 2.26 bits per heavy atom. The van der Waals surface area contributed by atoms with Gasteiger partial charge >= 0.3 is 0 Å². The highest BCUT2D eigenvalue weighted by Gasteiger charge is 2.20. The summed E-state index contributed by atoms with van der Waals surface area (Å²) in [5.41, 5.74) is 3.24. The van der Waals surface area contributed by atoms with Crippen LogP contribution < -0.4 is 10.6 Å². The monoisotopic (exact) mass is 261 g/mol. The first-order chi connectivity index (χ1) is 9.06.